The minimum absolute atomic E-state index is 0.185. The summed E-state index contributed by atoms with van der Waals surface area (Å²) in [6.07, 6.45) is 0. The Bertz CT molecular complexity index is 4630. The van der Waals surface area contributed by atoms with Gasteiger partial charge in [0.15, 0.2) is 0 Å². The second-order valence-corrected chi connectivity index (χ2v) is 12.7. The molecular weight excluding hydrogens is 657 g/mol. The topological polar surface area (TPSA) is 26.3 Å². The highest BCUT2D eigenvalue weighted by Crippen LogP contribution is 2.51. The molecule has 0 radical (unpaired) electrons. The van der Waals surface area contributed by atoms with Gasteiger partial charge in [0, 0.05) is 32.7 Å². The predicted octanol–water partition coefficient (Wildman–Crippen LogP) is 15.1. The molecule has 0 bridgehead atoms. The second-order valence-electron chi connectivity index (χ2n) is 12.7. The van der Waals surface area contributed by atoms with Gasteiger partial charge in [-0.1, -0.05) is 151 Å². The molecule has 0 saturated carbocycles. The van der Waals surface area contributed by atoms with E-state index >= 15 is 0 Å². The molecule has 2 aromatic heterocycles. The smallest absolute Gasteiger partial charge is 0.144 e. The van der Waals surface area contributed by atoms with Gasteiger partial charge in [0.1, 0.15) is 22.3 Å². The lowest BCUT2D eigenvalue weighted by Crippen LogP contribution is -1.92. The Labute approximate surface area is 339 Å². The highest BCUT2D eigenvalue weighted by molar-refractivity contribution is 6.31. The maximum atomic E-state index is 10.1. The third kappa shape index (κ3) is 4.11. The maximum Gasteiger partial charge on any atom is 0.144 e. The summed E-state index contributed by atoms with van der Waals surface area (Å²) in [5.74, 6) is 0. The van der Waals surface area contributed by atoms with Gasteiger partial charge in [0.05, 0.1) is 28.8 Å². The van der Waals surface area contributed by atoms with E-state index in [1.807, 2.05) is 24.3 Å². The van der Waals surface area contributed by atoms with Gasteiger partial charge in [-0.25, -0.2) is 0 Å². The van der Waals surface area contributed by atoms with E-state index in [2.05, 4.69) is 0 Å². The predicted molar refractivity (Wildman–Crippen MR) is 227 cm³/mol. The van der Waals surface area contributed by atoms with Crippen molar-refractivity contribution >= 4 is 87.0 Å². The van der Waals surface area contributed by atoms with Crippen molar-refractivity contribution in [3.05, 3.63) is 181 Å². The molecular formula is C52H30O2. The van der Waals surface area contributed by atoms with Gasteiger partial charge in [-0.3, -0.25) is 0 Å². The third-order valence-corrected chi connectivity index (χ3v) is 9.92. The number of benzene rings is 10. The second kappa shape index (κ2) is 11.2. The normalized spacial score (nSPS) is 17.5. The van der Waals surface area contributed by atoms with Crippen LogP contribution >= 0.6 is 0 Å². The van der Waals surface area contributed by atoms with E-state index in [9.17, 15) is 13.7 Å². The minimum Gasteiger partial charge on any atom is -0.456 e. The molecule has 0 aliphatic carbocycles. The van der Waals surface area contributed by atoms with Gasteiger partial charge in [-0.2, -0.15) is 0 Å². The molecule has 2 heteroatoms. The first-order valence-electron chi connectivity index (χ1n) is 27.3. The van der Waals surface area contributed by atoms with Crippen LogP contribution in [0.25, 0.3) is 120 Å². The van der Waals surface area contributed by atoms with Gasteiger partial charge >= 0.3 is 0 Å². The number of fused-ring (bicyclic) bond motifs is 11. The Hall–Kier alpha value is -7.16. The van der Waals surface area contributed by atoms with Gasteiger partial charge in [-0.05, 0) is 95.6 Å². The Kier molecular flexibility index (Phi) is 3.28. The van der Waals surface area contributed by atoms with Crippen molar-refractivity contribution in [1.82, 2.24) is 0 Å². The maximum absolute atomic E-state index is 10.1. The van der Waals surface area contributed by atoms with Crippen molar-refractivity contribution in [1.29, 1.82) is 0 Å². The SMILES string of the molecule is [2H]c1c([2H])c(-c2cc3ccccc3c3ccccc23)c([2H])c(-c2c3c([2H])c([2H])c([2H])c([2H])c3c(-c3c4oc5c([2H])c([2H])c([2H])c([2H])c5c4c([2H])c4oc5c([2H])c([2H])c([2H])c([2H])c5c34)c3c([2H])c([2H])c([2H])c([2H])c23)c1[2H]. The van der Waals surface area contributed by atoms with Crippen molar-refractivity contribution in [3.63, 3.8) is 0 Å². The summed E-state index contributed by atoms with van der Waals surface area (Å²) in [4.78, 5) is 0. The molecule has 0 unspecified atom stereocenters. The average Bonchev–Trinajstić information content (AvgIpc) is 4.07. The fraction of sp³-hybridized carbons (Fsp3) is 0. The van der Waals surface area contributed by atoms with Crippen LogP contribution < -0.4 is 0 Å². The van der Waals surface area contributed by atoms with Crippen LogP contribution in [0.4, 0.5) is 0 Å². The van der Waals surface area contributed by atoms with E-state index < -0.39 is 198 Å². The summed E-state index contributed by atoms with van der Waals surface area (Å²) < 4.78 is 207. The lowest BCUT2D eigenvalue weighted by Gasteiger charge is -2.19. The van der Waals surface area contributed by atoms with Crippen LogP contribution in [-0.4, -0.2) is 0 Å². The third-order valence-electron chi connectivity index (χ3n) is 9.92. The zero-order chi connectivity index (χ0) is 53.6. The summed E-state index contributed by atoms with van der Waals surface area (Å²) in [6, 6.07) is -0.0226. The zero-order valence-electron chi connectivity index (χ0n) is 48.5. The van der Waals surface area contributed by atoms with Crippen molar-refractivity contribution in [2.45, 2.75) is 0 Å². The van der Waals surface area contributed by atoms with Crippen LogP contribution in [-0.2, 0) is 0 Å². The van der Waals surface area contributed by atoms with Gasteiger partial charge in [0.25, 0.3) is 0 Å². The average molecular weight is 708 g/mol. The standard InChI is InChI=1S/C52H30O2/c1-2-17-34-32(14-1)29-43(36-19-4-3-18-35(34)36)31-15-13-16-33(28-31)48-38-21-5-7-23-40(38)49(41-24-8-6-22-39(41)48)51-50-42-25-10-12-27-46(42)53-47(50)30-44-37-20-9-11-26-45(37)54-52(44)51/h1-30H/i5D,6D,7D,8D,9D,10D,11D,12D,13D,15D,16D,20D,21D,22D,23D,24D,25D,26D,27D,28D,30D. The molecule has 2 heterocycles. The van der Waals surface area contributed by atoms with Crippen LogP contribution in [0.5, 0.6) is 0 Å². The van der Waals surface area contributed by atoms with Crippen molar-refractivity contribution in [2.24, 2.45) is 0 Å². The molecule has 0 amide bonds. The van der Waals surface area contributed by atoms with E-state index in [1.165, 1.54) is 0 Å². The lowest BCUT2D eigenvalue weighted by atomic mass is 9.83. The monoisotopic (exact) mass is 707 g/mol. The first-order chi connectivity index (χ1) is 35.5. The minimum atomic E-state index is -0.893. The van der Waals surface area contributed by atoms with Crippen LogP contribution in [0.2, 0.25) is 0 Å². The van der Waals surface area contributed by atoms with Crippen molar-refractivity contribution in [3.8, 4) is 33.4 Å². The summed E-state index contributed by atoms with van der Waals surface area (Å²) in [5.41, 5.74) is -4.05. The van der Waals surface area contributed by atoms with E-state index in [4.69, 9.17) is 23.9 Å². The molecule has 12 aromatic rings. The Morgan fingerprint density at radius 3 is 1.69 bits per heavy atom. The molecule has 0 saturated heterocycles. The summed E-state index contributed by atoms with van der Waals surface area (Å²) in [5, 5.41) is -1.06. The number of hydrogen-bond acceptors (Lipinski definition) is 2. The van der Waals surface area contributed by atoms with Crippen LogP contribution in [0.1, 0.15) is 28.8 Å². The fourth-order valence-electron chi connectivity index (χ4n) is 7.72. The van der Waals surface area contributed by atoms with Gasteiger partial charge in [0.2, 0.25) is 0 Å². The molecule has 54 heavy (non-hydrogen) atoms. The summed E-state index contributed by atoms with van der Waals surface area (Å²) in [7, 11) is 0. The summed E-state index contributed by atoms with van der Waals surface area (Å²) in [6.45, 7) is 0. The highest BCUT2D eigenvalue weighted by atomic mass is 16.3. The molecule has 0 N–H and O–H groups in total. The molecule has 0 atom stereocenters. The molecule has 2 nitrogen and oxygen atoms in total. The van der Waals surface area contributed by atoms with Crippen molar-refractivity contribution in [2.75, 3.05) is 0 Å². The summed E-state index contributed by atoms with van der Waals surface area (Å²) >= 11 is 0. The Balaban J connectivity index is 1.41. The zero-order valence-corrected chi connectivity index (χ0v) is 27.5. The van der Waals surface area contributed by atoms with E-state index in [0.717, 1.165) is 5.39 Å². The van der Waals surface area contributed by atoms with Crippen molar-refractivity contribution < 1.29 is 37.6 Å². The molecule has 0 aliphatic rings. The number of rotatable bonds is 3. The highest BCUT2D eigenvalue weighted by Gasteiger charge is 2.25. The first kappa shape index (κ1) is 15.8. The molecule has 0 spiro atoms. The van der Waals surface area contributed by atoms with E-state index in [1.54, 1.807) is 30.3 Å². The quantitative estimate of drug-likeness (QED) is 0.135. The Morgan fingerprint density at radius 2 is 0.944 bits per heavy atom. The lowest BCUT2D eigenvalue weighted by molar-refractivity contribution is 0.664. The number of hydrogen-bond donors (Lipinski definition) is 0. The molecule has 0 fully saturated rings. The van der Waals surface area contributed by atoms with E-state index in [0.29, 0.717) is 16.2 Å². The van der Waals surface area contributed by atoms with Crippen LogP contribution in [0, 0.1) is 0 Å². The number of para-hydroxylation sites is 2. The van der Waals surface area contributed by atoms with Crippen LogP contribution in [0.15, 0.2) is 190 Å². The molecule has 250 valence electrons. The van der Waals surface area contributed by atoms with Gasteiger partial charge in [-0.15, -0.1) is 0 Å². The molecule has 0 aliphatic heterocycles. The fourth-order valence-corrected chi connectivity index (χ4v) is 7.72. The van der Waals surface area contributed by atoms with Crippen LogP contribution in [0.3, 0.4) is 0 Å². The number of furan rings is 2. The van der Waals surface area contributed by atoms with Gasteiger partial charge < -0.3 is 8.83 Å². The first-order valence-corrected chi connectivity index (χ1v) is 16.8. The Morgan fingerprint density at radius 1 is 0.370 bits per heavy atom. The largest absolute Gasteiger partial charge is 0.456 e. The molecule has 12 rings (SSSR count). The van der Waals surface area contributed by atoms with E-state index in [-0.39, 0.29) is 27.3 Å². The molecule has 10 aromatic carbocycles.